The fraction of sp³-hybridized carbons (Fsp3) is 0.143. The highest BCUT2D eigenvalue weighted by atomic mass is 35.5. The molecular formula is C14H7Cl2F6NO2S. The second-order valence-electron chi connectivity index (χ2n) is 4.93. The van der Waals surface area contributed by atoms with Crippen molar-refractivity contribution in [2.75, 3.05) is 4.72 Å². The van der Waals surface area contributed by atoms with E-state index in [-0.39, 0.29) is 11.1 Å². The lowest BCUT2D eigenvalue weighted by Crippen LogP contribution is -2.18. The molecule has 142 valence electrons. The predicted molar refractivity (Wildman–Crippen MR) is 83.7 cm³/mol. The Hall–Kier alpha value is -1.65. The Balaban J connectivity index is 2.52. The van der Waals surface area contributed by atoms with Crippen molar-refractivity contribution in [3.05, 3.63) is 57.6 Å². The van der Waals surface area contributed by atoms with Gasteiger partial charge < -0.3 is 0 Å². The highest BCUT2D eigenvalue weighted by Gasteiger charge is 2.36. The number of anilines is 1. The molecule has 12 heteroatoms. The maximum Gasteiger partial charge on any atom is 0.418 e. The standard InChI is InChI=1S/C14H7Cl2F6NO2S/c15-7-1-4-12(10(5-7)14(20,21)22)23-26(24,25)8-2-3-11(16)9(6-8)13(17,18)19/h1-6,23H. The third-order valence-electron chi connectivity index (χ3n) is 3.08. The summed E-state index contributed by atoms with van der Waals surface area (Å²) in [6.45, 7) is 0. The Morgan fingerprint density at radius 3 is 1.92 bits per heavy atom. The first-order valence-electron chi connectivity index (χ1n) is 6.48. The van der Waals surface area contributed by atoms with Crippen LogP contribution >= 0.6 is 23.2 Å². The molecule has 0 aliphatic rings. The molecule has 26 heavy (non-hydrogen) atoms. The molecule has 0 radical (unpaired) electrons. The van der Waals surface area contributed by atoms with E-state index in [1.807, 2.05) is 0 Å². The summed E-state index contributed by atoms with van der Waals surface area (Å²) in [7, 11) is -4.76. The Morgan fingerprint density at radius 1 is 0.808 bits per heavy atom. The summed E-state index contributed by atoms with van der Waals surface area (Å²) in [5.74, 6) is 0. The largest absolute Gasteiger partial charge is 0.418 e. The minimum Gasteiger partial charge on any atom is -0.279 e. The summed E-state index contributed by atoms with van der Waals surface area (Å²) in [4.78, 5) is -0.905. The molecular weight excluding hydrogens is 431 g/mol. The van der Waals surface area contributed by atoms with Gasteiger partial charge in [0.05, 0.1) is 26.7 Å². The SMILES string of the molecule is O=S(=O)(Nc1ccc(Cl)cc1C(F)(F)F)c1ccc(Cl)c(C(F)(F)F)c1. The molecule has 0 saturated heterocycles. The van der Waals surface area contributed by atoms with Crippen molar-refractivity contribution in [2.24, 2.45) is 0 Å². The molecule has 2 rings (SSSR count). The van der Waals surface area contributed by atoms with Gasteiger partial charge in [-0.05, 0) is 36.4 Å². The van der Waals surface area contributed by atoms with Gasteiger partial charge in [-0.3, -0.25) is 4.72 Å². The van der Waals surface area contributed by atoms with Crippen LogP contribution in [0.3, 0.4) is 0 Å². The zero-order valence-electron chi connectivity index (χ0n) is 12.2. The van der Waals surface area contributed by atoms with E-state index in [0.717, 1.165) is 18.2 Å². The third kappa shape index (κ3) is 4.54. The average molecular weight is 438 g/mol. The number of benzene rings is 2. The fourth-order valence-corrected chi connectivity index (χ4v) is 3.43. The molecule has 0 aliphatic heterocycles. The molecule has 0 bridgehead atoms. The highest BCUT2D eigenvalue weighted by molar-refractivity contribution is 7.92. The van der Waals surface area contributed by atoms with Crippen LogP contribution in [-0.2, 0) is 22.4 Å². The van der Waals surface area contributed by atoms with E-state index in [9.17, 15) is 34.8 Å². The highest BCUT2D eigenvalue weighted by Crippen LogP contribution is 2.39. The number of rotatable bonds is 3. The molecule has 0 heterocycles. The molecule has 0 aliphatic carbocycles. The van der Waals surface area contributed by atoms with Crippen LogP contribution in [0.5, 0.6) is 0 Å². The lowest BCUT2D eigenvalue weighted by Gasteiger charge is -2.16. The van der Waals surface area contributed by atoms with Gasteiger partial charge in [-0.25, -0.2) is 8.42 Å². The van der Waals surface area contributed by atoms with Crippen LogP contribution in [0.1, 0.15) is 11.1 Å². The lowest BCUT2D eigenvalue weighted by molar-refractivity contribution is -0.138. The number of halogens is 8. The van der Waals surface area contributed by atoms with Gasteiger partial charge in [-0.15, -0.1) is 0 Å². The Morgan fingerprint density at radius 2 is 1.38 bits per heavy atom. The summed E-state index contributed by atoms with van der Waals surface area (Å²) in [5.41, 5.74) is -3.71. The van der Waals surface area contributed by atoms with E-state index in [1.54, 1.807) is 4.72 Å². The fourth-order valence-electron chi connectivity index (χ4n) is 1.93. The number of hydrogen-bond acceptors (Lipinski definition) is 2. The van der Waals surface area contributed by atoms with E-state index in [0.29, 0.717) is 12.1 Å². The van der Waals surface area contributed by atoms with Crippen molar-refractivity contribution in [1.82, 2.24) is 0 Å². The van der Waals surface area contributed by atoms with Crippen LogP contribution < -0.4 is 4.72 Å². The topological polar surface area (TPSA) is 46.2 Å². The third-order valence-corrected chi connectivity index (χ3v) is 5.01. The summed E-state index contributed by atoms with van der Waals surface area (Å²) in [6.07, 6.45) is -9.89. The number of nitrogens with one attached hydrogen (secondary N) is 1. The first-order chi connectivity index (χ1) is 11.7. The molecule has 0 amide bonds. The first-order valence-corrected chi connectivity index (χ1v) is 8.72. The van der Waals surface area contributed by atoms with Crippen molar-refractivity contribution in [2.45, 2.75) is 17.2 Å². The minimum atomic E-state index is -4.94. The summed E-state index contributed by atoms with van der Waals surface area (Å²) < 4.78 is 104. The average Bonchev–Trinajstić information content (AvgIpc) is 2.47. The van der Waals surface area contributed by atoms with Crippen LogP contribution in [0.2, 0.25) is 10.0 Å². The van der Waals surface area contributed by atoms with Gasteiger partial charge in [-0.1, -0.05) is 23.2 Å². The quantitative estimate of drug-likeness (QED) is 0.613. The van der Waals surface area contributed by atoms with E-state index in [1.165, 1.54) is 0 Å². The van der Waals surface area contributed by atoms with Gasteiger partial charge in [-0.2, -0.15) is 26.3 Å². The van der Waals surface area contributed by atoms with Crippen molar-refractivity contribution in [3.8, 4) is 0 Å². The van der Waals surface area contributed by atoms with Crippen LogP contribution in [-0.4, -0.2) is 8.42 Å². The van der Waals surface area contributed by atoms with Gasteiger partial charge in [0.1, 0.15) is 0 Å². The van der Waals surface area contributed by atoms with Gasteiger partial charge in [0.15, 0.2) is 0 Å². The first kappa shape index (κ1) is 20.7. The van der Waals surface area contributed by atoms with E-state index in [4.69, 9.17) is 23.2 Å². The van der Waals surface area contributed by atoms with Crippen LogP contribution in [0, 0.1) is 0 Å². The smallest absolute Gasteiger partial charge is 0.279 e. The van der Waals surface area contributed by atoms with Crippen LogP contribution in [0.15, 0.2) is 41.3 Å². The summed E-state index contributed by atoms with van der Waals surface area (Å²) >= 11 is 10.9. The maximum atomic E-state index is 13.0. The molecule has 0 fully saturated rings. The summed E-state index contributed by atoms with van der Waals surface area (Å²) in [6, 6.07) is 3.89. The molecule has 0 unspecified atom stereocenters. The molecule has 0 aromatic heterocycles. The molecule has 0 atom stereocenters. The van der Waals surface area contributed by atoms with Crippen molar-refractivity contribution >= 4 is 38.9 Å². The molecule has 3 nitrogen and oxygen atoms in total. The van der Waals surface area contributed by atoms with E-state index in [2.05, 4.69) is 0 Å². The van der Waals surface area contributed by atoms with Gasteiger partial charge in [0.2, 0.25) is 0 Å². The summed E-state index contributed by atoms with van der Waals surface area (Å²) in [5, 5.41) is -1.05. The second kappa shape index (κ2) is 6.82. The number of hydrogen-bond donors (Lipinski definition) is 1. The van der Waals surface area contributed by atoms with Crippen molar-refractivity contribution < 1.29 is 34.8 Å². The minimum absolute atomic E-state index is 0.230. The Labute approximate surface area is 153 Å². The Bertz CT molecular complexity index is 941. The molecule has 1 N–H and O–H groups in total. The van der Waals surface area contributed by atoms with Gasteiger partial charge >= 0.3 is 12.4 Å². The molecule has 0 saturated carbocycles. The van der Waals surface area contributed by atoms with E-state index < -0.39 is 49.1 Å². The van der Waals surface area contributed by atoms with Gasteiger partial charge in [0.25, 0.3) is 10.0 Å². The molecule has 0 spiro atoms. The van der Waals surface area contributed by atoms with Crippen molar-refractivity contribution in [3.63, 3.8) is 0 Å². The van der Waals surface area contributed by atoms with Crippen molar-refractivity contribution in [1.29, 1.82) is 0 Å². The number of sulfonamides is 1. The Kier molecular flexibility index (Phi) is 5.42. The predicted octanol–water partition coefficient (Wildman–Crippen LogP) is 5.83. The zero-order chi connectivity index (χ0) is 19.9. The monoisotopic (exact) mass is 437 g/mol. The zero-order valence-corrected chi connectivity index (χ0v) is 14.5. The lowest BCUT2D eigenvalue weighted by atomic mass is 10.2. The normalized spacial score (nSPS) is 12.9. The van der Waals surface area contributed by atoms with Crippen LogP contribution in [0.4, 0.5) is 32.0 Å². The maximum absolute atomic E-state index is 13.0. The van der Waals surface area contributed by atoms with Crippen LogP contribution in [0.25, 0.3) is 0 Å². The van der Waals surface area contributed by atoms with Gasteiger partial charge in [0, 0.05) is 5.02 Å². The molecule has 2 aromatic carbocycles. The second-order valence-corrected chi connectivity index (χ2v) is 7.46. The number of alkyl halides is 6. The van der Waals surface area contributed by atoms with E-state index >= 15 is 0 Å². The molecule has 2 aromatic rings.